The van der Waals surface area contributed by atoms with Gasteiger partial charge < -0.3 is 15.0 Å². The molecule has 1 fully saturated rings. The van der Waals surface area contributed by atoms with E-state index in [1.165, 1.54) is 32.5 Å². The van der Waals surface area contributed by atoms with Gasteiger partial charge in [-0.15, -0.1) is 0 Å². The minimum Gasteiger partial charge on any atom is -0.383 e. The smallest absolute Gasteiger partial charge is 0.0615 e. The zero-order chi connectivity index (χ0) is 12.7. The quantitative estimate of drug-likeness (QED) is 0.740. The molecule has 0 amide bonds. The minimum absolute atomic E-state index is 0.529. The summed E-state index contributed by atoms with van der Waals surface area (Å²) in [6.45, 7) is 11.4. The summed E-state index contributed by atoms with van der Waals surface area (Å²) in [6.07, 6.45) is 3.72. The molecule has 0 spiro atoms. The Morgan fingerprint density at radius 2 is 1.94 bits per heavy atom. The molecule has 1 N–H and O–H groups in total. The molecule has 0 aromatic carbocycles. The third-order valence-corrected chi connectivity index (χ3v) is 3.54. The van der Waals surface area contributed by atoms with Crippen molar-refractivity contribution in [1.29, 1.82) is 0 Å². The molecule has 3 nitrogen and oxygen atoms in total. The van der Waals surface area contributed by atoms with Crippen LogP contribution in [-0.4, -0.2) is 50.3 Å². The lowest BCUT2D eigenvalue weighted by Crippen LogP contribution is -2.47. The molecule has 0 radical (unpaired) electrons. The molecule has 1 unspecified atom stereocenters. The SMILES string of the molecule is CCC(COC)NC1CCN(CC(C)C)CC1. The van der Waals surface area contributed by atoms with Gasteiger partial charge in [0, 0.05) is 25.7 Å². The first-order valence-corrected chi connectivity index (χ1v) is 7.13. The van der Waals surface area contributed by atoms with E-state index in [4.69, 9.17) is 4.74 Å². The van der Waals surface area contributed by atoms with Gasteiger partial charge in [0.1, 0.15) is 0 Å². The molecule has 1 rings (SSSR count). The molecule has 0 aromatic heterocycles. The van der Waals surface area contributed by atoms with Gasteiger partial charge in [0.15, 0.2) is 0 Å². The lowest BCUT2D eigenvalue weighted by atomic mass is 10.0. The van der Waals surface area contributed by atoms with E-state index in [0.29, 0.717) is 12.1 Å². The fraction of sp³-hybridized carbons (Fsp3) is 1.00. The maximum atomic E-state index is 5.24. The number of hydrogen-bond donors (Lipinski definition) is 1. The van der Waals surface area contributed by atoms with Gasteiger partial charge in [0.05, 0.1) is 6.61 Å². The topological polar surface area (TPSA) is 24.5 Å². The van der Waals surface area contributed by atoms with Crippen LogP contribution in [0.25, 0.3) is 0 Å². The predicted molar refractivity (Wildman–Crippen MR) is 73.4 cm³/mol. The first-order chi connectivity index (χ1) is 8.15. The summed E-state index contributed by atoms with van der Waals surface area (Å²) >= 11 is 0. The number of likely N-dealkylation sites (tertiary alicyclic amines) is 1. The van der Waals surface area contributed by atoms with Crippen molar-refractivity contribution >= 4 is 0 Å². The minimum atomic E-state index is 0.529. The summed E-state index contributed by atoms with van der Waals surface area (Å²) in [6, 6.07) is 1.22. The van der Waals surface area contributed by atoms with Crippen LogP contribution >= 0.6 is 0 Å². The van der Waals surface area contributed by atoms with Gasteiger partial charge in [-0.1, -0.05) is 20.8 Å². The predicted octanol–water partition coefficient (Wildman–Crippen LogP) is 2.12. The van der Waals surface area contributed by atoms with Gasteiger partial charge in [0.2, 0.25) is 0 Å². The van der Waals surface area contributed by atoms with Crippen LogP contribution in [0, 0.1) is 5.92 Å². The highest BCUT2D eigenvalue weighted by Gasteiger charge is 2.21. The molecule has 17 heavy (non-hydrogen) atoms. The molecule has 0 aliphatic carbocycles. The summed E-state index contributed by atoms with van der Waals surface area (Å²) in [5.41, 5.74) is 0. The first kappa shape index (κ1) is 14.9. The molecule has 1 atom stereocenters. The van der Waals surface area contributed by atoms with Gasteiger partial charge in [-0.05, 0) is 38.3 Å². The fourth-order valence-corrected chi connectivity index (χ4v) is 2.62. The van der Waals surface area contributed by atoms with Crippen LogP contribution in [-0.2, 0) is 4.74 Å². The van der Waals surface area contributed by atoms with E-state index < -0.39 is 0 Å². The van der Waals surface area contributed by atoms with E-state index in [1.54, 1.807) is 7.11 Å². The average Bonchev–Trinajstić information content (AvgIpc) is 2.30. The average molecular weight is 242 g/mol. The highest BCUT2D eigenvalue weighted by atomic mass is 16.5. The van der Waals surface area contributed by atoms with Crippen molar-refractivity contribution in [2.45, 2.75) is 52.1 Å². The number of nitrogens with one attached hydrogen (secondary N) is 1. The number of hydrogen-bond acceptors (Lipinski definition) is 3. The Hall–Kier alpha value is -0.120. The lowest BCUT2D eigenvalue weighted by Gasteiger charge is -2.35. The monoisotopic (exact) mass is 242 g/mol. The second-order valence-corrected chi connectivity index (χ2v) is 5.70. The molecule has 1 aliphatic heterocycles. The van der Waals surface area contributed by atoms with Crippen LogP contribution in [0.1, 0.15) is 40.0 Å². The van der Waals surface area contributed by atoms with Crippen LogP contribution in [0.2, 0.25) is 0 Å². The molecule has 3 heteroatoms. The van der Waals surface area contributed by atoms with Crippen LogP contribution in [0.3, 0.4) is 0 Å². The molecule has 102 valence electrons. The van der Waals surface area contributed by atoms with E-state index in [9.17, 15) is 0 Å². The van der Waals surface area contributed by atoms with Crippen molar-refractivity contribution in [3.63, 3.8) is 0 Å². The Balaban J connectivity index is 2.22. The Bertz CT molecular complexity index is 189. The fourth-order valence-electron chi connectivity index (χ4n) is 2.62. The van der Waals surface area contributed by atoms with Crippen molar-refractivity contribution in [2.24, 2.45) is 5.92 Å². The molecule has 0 aromatic rings. The maximum absolute atomic E-state index is 5.24. The Morgan fingerprint density at radius 1 is 1.29 bits per heavy atom. The summed E-state index contributed by atoms with van der Waals surface area (Å²) < 4.78 is 5.24. The van der Waals surface area contributed by atoms with Gasteiger partial charge in [0.25, 0.3) is 0 Å². The van der Waals surface area contributed by atoms with Crippen LogP contribution in [0.15, 0.2) is 0 Å². The Labute approximate surface area is 107 Å². The van der Waals surface area contributed by atoms with E-state index in [2.05, 4.69) is 31.0 Å². The van der Waals surface area contributed by atoms with Crippen molar-refractivity contribution in [2.75, 3.05) is 33.4 Å². The highest BCUT2D eigenvalue weighted by molar-refractivity contribution is 4.80. The molecule has 1 heterocycles. The van der Waals surface area contributed by atoms with Gasteiger partial charge in [-0.3, -0.25) is 0 Å². The number of piperidine rings is 1. The van der Waals surface area contributed by atoms with Gasteiger partial charge >= 0.3 is 0 Å². The van der Waals surface area contributed by atoms with E-state index in [1.807, 2.05) is 0 Å². The summed E-state index contributed by atoms with van der Waals surface area (Å²) in [4.78, 5) is 2.60. The summed E-state index contributed by atoms with van der Waals surface area (Å²) in [5.74, 6) is 0.788. The number of ether oxygens (including phenoxy) is 1. The highest BCUT2D eigenvalue weighted by Crippen LogP contribution is 2.13. The molecular formula is C14H30N2O. The number of nitrogens with zero attached hydrogens (tertiary/aromatic N) is 1. The van der Waals surface area contributed by atoms with E-state index >= 15 is 0 Å². The maximum Gasteiger partial charge on any atom is 0.0615 e. The third kappa shape index (κ3) is 5.84. The number of rotatable bonds is 7. The second kappa shape index (κ2) is 8.06. The van der Waals surface area contributed by atoms with Crippen molar-refractivity contribution < 1.29 is 4.74 Å². The van der Waals surface area contributed by atoms with Gasteiger partial charge in [-0.2, -0.15) is 0 Å². The molecular weight excluding hydrogens is 212 g/mol. The van der Waals surface area contributed by atoms with Gasteiger partial charge in [-0.25, -0.2) is 0 Å². The Kier molecular flexibility index (Phi) is 7.09. The van der Waals surface area contributed by atoms with Crippen molar-refractivity contribution in [1.82, 2.24) is 10.2 Å². The third-order valence-electron chi connectivity index (χ3n) is 3.54. The second-order valence-electron chi connectivity index (χ2n) is 5.70. The number of methoxy groups -OCH3 is 1. The summed E-state index contributed by atoms with van der Waals surface area (Å²) in [5, 5.41) is 3.73. The standard InChI is InChI=1S/C14H30N2O/c1-5-13(11-17-4)15-14-6-8-16(9-7-14)10-12(2)3/h12-15H,5-11H2,1-4H3. The molecule has 0 bridgehead atoms. The summed E-state index contributed by atoms with van der Waals surface area (Å²) in [7, 11) is 1.79. The van der Waals surface area contributed by atoms with E-state index in [-0.39, 0.29) is 0 Å². The zero-order valence-electron chi connectivity index (χ0n) is 12.0. The van der Waals surface area contributed by atoms with Crippen LogP contribution in [0.4, 0.5) is 0 Å². The lowest BCUT2D eigenvalue weighted by molar-refractivity contribution is 0.136. The molecule has 1 saturated heterocycles. The van der Waals surface area contributed by atoms with Crippen LogP contribution in [0.5, 0.6) is 0 Å². The van der Waals surface area contributed by atoms with Crippen LogP contribution < -0.4 is 5.32 Å². The first-order valence-electron chi connectivity index (χ1n) is 7.13. The Morgan fingerprint density at radius 3 is 2.41 bits per heavy atom. The normalized spacial score (nSPS) is 21.0. The molecule has 0 saturated carbocycles. The van der Waals surface area contributed by atoms with Crippen molar-refractivity contribution in [3.05, 3.63) is 0 Å². The van der Waals surface area contributed by atoms with E-state index in [0.717, 1.165) is 18.9 Å². The van der Waals surface area contributed by atoms with Crippen molar-refractivity contribution in [3.8, 4) is 0 Å². The zero-order valence-corrected chi connectivity index (χ0v) is 12.0. The molecule has 1 aliphatic rings. The largest absolute Gasteiger partial charge is 0.383 e.